The normalized spacial score (nSPS) is 15.7. The summed E-state index contributed by atoms with van der Waals surface area (Å²) in [6.07, 6.45) is 1.40. The van der Waals surface area contributed by atoms with Crippen molar-refractivity contribution in [2.45, 2.75) is 26.4 Å². The summed E-state index contributed by atoms with van der Waals surface area (Å²) < 4.78 is 7.06. The van der Waals surface area contributed by atoms with Gasteiger partial charge in [-0.3, -0.25) is 14.2 Å². The number of hydrogen-bond acceptors (Lipinski definition) is 8. The molecule has 0 radical (unpaired) electrons. The Balaban J connectivity index is 1.45. The van der Waals surface area contributed by atoms with Gasteiger partial charge < -0.3 is 19.9 Å². The third-order valence-electron chi connectivity index (χ3n) is 5.75. The van der Waals surface area contributed by atoms with Crippen LogP contribution < -0.4 is 20.5 Å². The first-order chi connectivity index (χ1) is 15.5. The van der Waals surface area contributed by atoms with Crippen molar-refractivity contribution in [1.29, 1.82) is 0 Å². The minimum absolute atomic E-state index is 0.0987. The molecule has 1 unspecified atom stereocenters. The van der Waals surface area contributed by atoms with Gasteiger partial charge in [0, 0.05) is 26.2 Å². The highest BCUT2D eigenvalue weighted by atomic mass is 32.1. The van der Waals surface area contributed by atoms with E-state index in [4.69, 9.17) is 4.74 Å². The lowest BCUT2D eigenvalue weighted by atomic mass is 10.1. The third kappa shape index (κ3) is 4.76. The maximum Gasteiger partial charge on any atom is 0.273 e. The Labute approximate surface area is 190 Å². The Morgan fingerprint density at radius 1 is 1.28 bits per heavy atom. The zero-order valence-corrected chi connectivity index (χ0v) is 19.4. The summed E-state index contributed by atoms with van der Waals surface area (Å²) in [5, 5.41) is 3.74. The van der Waals surface area contributed by atoms with Crippen molar-refractivity contribution >= 4 is 32.7 Å². The number of piperazine rings is 1. The Hall–Kier alpha value is -2.98. The molecule has 1 aliphatic heterocycles. The van der Waals surface area contributed by atoms with Gasteiger partial charge in [0.25, 0.3) is 5.56 Å². The van der Waals surface area contributed by atoms with Gasteiger partial charge in [-0.15, -0.1) is 0 Å². The molecular formula is C22H28N6O3S. The van der Waals surface area contributed by atoms with E-state index in [1.54, 1.807) is 7.11 Å². The van der Waals surface area contributed by atoms with Gasteiger partial charge in [0.1, 0.15) is 23.3 Å². The van der Waals surface area contributed by atoms with Gasteiger partial charge in [-0.25, -0.2) is 4.98 Å². The minimum atomic E-state index is -0.260. The summed E-state index contributed by atoms with van der Waals surface area (Å²) in [4.78, 5) is 39.0. The van der Waals surface area contributed by atoms with E-state index < -0.39 is 0 Å². The third-order valence-corrected chi connectivity index (χ3v) is 6.84. The number of carbonyl (C=O) groups is 1. The van der Waals surface area contributed by atoms with E-state index in [-0.39, 0.29) is 24.1 Å². The first-order valence-electron chi connectivity index (χ1n) is 10.7. The smallest absolute Gasteiger partial charge is 0.273 e. The van der Waals surface area contributed by atoms with Crippen molar-refractivity contribution in [2.75, 3.05) is 44.7 Å². The van der Waals surface area contributed by atoms with Crippen LogP contribution in [0.5, 0.6) is 5.75 Å². The van der Waals surface area contributed by atoms with Gasteiger partial charge in [-0.1, -0.05) is 30.4 Å². The molecule has 10 heteroatoms. The zero-order valence-electron chi connectivity index (χ0n) is 18.6. The maximum absolute atomic E-state index is 13.0. The molecule has 3 heterocycles. The average Bonchev–Trinajstić information content (AvgIpc) is 3.26. The molecule has 9 nitrogen and oxygen atoms in total. The Morgan fingerprint density at radius 3 is 2.78 bits per heavy atom. The number of ether oxygens (including phenoxy) is 1. The van der Waals surface area contributed by atoms with E-state index in [1.807, 2.05) is 31.2 Å². The molecule has 32 heavy (non-hydrogen) atoms. The predicted molar refractivity (Wildman–Crippen MR) is 126 cm³/mol. The van der Waals surface area contributed by atoms with Crippen molar-refractivity contribution in [3.8, 4) is 5.75 Å². The van der Waals surface area contributed by atoms with Crippen LogP contribution in [-0.2, 0) is 11.3 Å². The van der Waals surface area contributed by atoms with E-state index >= 15 is 0 Å². The number of rotatable bonds is 7. The first-order valence-corrected chi connectivity index (χ1v) is 11.6. The Morgan fingerprint density at radius 2 is 2.06 bits per heavy atom. The van der Waals surface area contributed by atoms with E-state index in [0.717, 1.165) is 49.2 Å². The first kappa shape index (κ1) is 22.2. The fraction of sp³-hybridized carbons (Fsp3) is 0.455. The molecule has 1 aliphatic rings. The molecule has 0 aliphatic carbocycles. The fourth-order valence-electron chi connectivity index (χ4n) is 3.77. The minimum Gasteiger partial charge on any atom is -0.497 e. The lowest BCUT2D eigenvalue weighted by Crippen LogP contribution is -2.46. The molecule has 1 N–H and O–H groups in total. The highest BCUT2D eigenvalue weighted by Crippen LogP contribution is 2.26. The molecule has 1 atom stereocenters. The van der Waals surface area contributed by atoms with Crippen LogP contribution in [0.15, 0.2) is 35.4 Å². The molecule has 170 valence electrons. The number of nitrogens with one attached hydrogen (secondary N) is 1. The van der Waals surface area contributed by atoms with Crippen LogP contribution in [0.4, 0.5) is 5.13 Å². The summed E-state index contributed by atoms with van der Waals surface area (Å²) in [6.45, 7) is 8.72. The van der Waals surface area contributed by atoms with E-state index in [2.05, 4.69) is 32.0 Å². The monoisotopic (exact) mass is 456 g/mol. The second kappa shape index (κ2) is 9.66. The number of methoxy groups -OCH3 is 1. The van der Waals surface area contributed by atoms with Crippen LogP contribution >= 0.6 is 11.3 Å². The predicted octanol–water partition coefficient (Wildman–Crippen LogP) is 1.88. The largest absolute Gasteiger partial charge is 0.497 e. The molecule has 0 bridgehead atoms. The van der Waals surface area contributed by atoms with Crippen LogP contribution in [0.3, 0.4) is 0 Å². The summed E-state index contributed by atoms with van der Waals surface area (Å²) in [5.74, 6) is 0.468. The van der Waals surface area contributed by atoms with Crippen molar-refractivity contribution in [3.63, 3.8) is 0 Å². The lowest BCUT2D eigenvalue weighted by Gasteiger charge is -2.33. The van der Waals surface area contributed by atoms with Crippen molar-refractivity contribution < 1.29 is 9.53 Å². The van der Waals surface area contributed by atoms with Gasteiger partial charge in [0.15, 0.2) is 10.8 Å². The molecular weight excluding hydrogens is 428 g/mol. The maximum atomic E-state index is 13.0. The van der Waals surface area contributed by atoms with Crippen molar-refractivity contribution in [2.24, 2.45) is 0 Å². The molecule has 0 saturated carbocycles. The number of amides is 1. The SMILES string of the molecule is CCN1CCN(c2nc3ncn(CC(=O)NC(C)c4cccc(OC)c4)c(=O)c3s2)CC1. The van der Waals surface area contributed by atoms with Crippen molar-refractivity contribution in [1.82, 2.24) is 24.8 Å². The van der Waals surface area contributed by atoms with E-state index in [0.29, 0.717) is 10.3 Å². The highest BCUT2D eigenvalue weighted by Gasteiger charge is 2.21. The van der Waals surface area contributed by atoms with E-state index in [1.165, 1.54) is 22.2 Å². The van der Waals surface area contributed by atoms with Crippen LogP contribution in [0.1, 0.15) is 25.5 Å². The summed E-state index contributed by atoms with van der Waals surface area (Å²) in [5.41, 5.74) is 1.12. The molecule has 1 aromatic carbocycles. The number of nitrogens with zero attached hydrogens (tertiary/aromatic N) is 5. The van der Waals surface area contributed by atoms with Crippen LogP contribution in [0.25, 0.3) is 10.3 Å². The molecule has 3 aromatic rings. The number of benzene rings is 1. The second-order valence-corrected chi connectivity index (χ2v) is 8.79. The van der Waals surface area contributed by atoms with Gasteiger partial charge in [-0.2, -0.15) is 4.98 Å². The van der Waals surface area contributed by atoms with E-state index in [9.17, 15) is 9.59 Å². The standard InChI is InChI=1S/C22H28N6O3S/c1-4-26-8-10-27(11-9-26)22-25-20-19(32-22)21(30)28(14-23-20)13-18(29)24-15(2)16-6-5-7-17(12-16)31-3/h5-7,12,14-15H,4,8-11,13H2,1-3H3,(H,24,29). The summed E-state index contributed by atoms with van der Waals surface area (Å²) >= 11 is 1.35. The molecule has 1 amide bonds. The van der Waals surface area contributed by atoms with Crippen LogP contribution in [0, 0.1) is 0 Å². The number of anilines is 1. The summed E-state index contributed by atoms with van der Waals surface area (Å²) in [6, 6.07) is 7.31. The van der Waals surface area contributed by atoms with Crippen LogP contribution in [-0.4, -0.2) is 65.2 Å². The Kier molecular flexibility index (Phi) is 6.71. The zero-order chi connectivity index (χ0) is 22.7. The number of likely N-dealkylation sites (N-methyl/N-ethyl adjacent to an activating group) is 1. The second-order valence-electron chi connectivity index (χ2n) is 7.81. The number of hydrogen-bond donors (Lipinski definition) is 1. The number of carbonyl (C=O) groups excluding carboxylic acids is 1. The van der Waals surface area contributed by atoms with Gasteiger partial charge >= 0.3 is 0 Å². The number of fused-ring (bicyclic) bond motifs is 1. The molecule has 1 saturated heterocycles. The molecule has 0 spiro atoms. The molecule has 2 aromatic heterocycles. The number of aromatic nitrogens is 3. The van der Waals surface area contributed by atoms with Gasteiger partial charge in [-0.05, 0) is 31.2 Å². The topological polar surface area (TPSA) is 92.6 Å². The van der Waals surface area contributed by atoms with Crippen molar-refractivity contribution in [3.05, 3.63) is 46.5 Å². The van der Waals surface area contributed by atoms with Gasteiger partial charge in [0.05, 0.1) is 13.2 Å². The lowest BCUT2D eigenvalue weighted by molar-refractivity contribution is -0.122. The molecule has 1 fully saturated rings. The summed E-state index contributed by atoms with van der Waals surface area (Å²) in [7, 11) is 1.61. The molecule has 4 rings (SSSR count). The number of thiazole rings is 1. The van der Waals surface area contributed by atoms with Crippen LogP contribution in [0.2, 0.25) is 0 Å². The Bertz CT molecular complexity index is 1150. The quantitative estimate of drug-likeness (QED) is 0.580. The van der Waals surface area contributed by atoms with Gasteiger partial charge in [0.2, 0.25) is 5.91 Å². The average molecular weight is 457 g/mol. The highest BCUT2D eigenvalue weighted by molar-refractivity contribution is 7.22. The fourth-order valence-corrected chi connectivity index (χ4v) is 4.80.